The van der Waals surface area contributed by atoms with Crippen molar-refractivity contribution in [3.63, 3.8) is 0 Å². The average Bonchev–Trinajstić information content (AvgIpc) is 3.09. The molecule has 3 nitrogen and oxygen atoms in total. The number of hydrogen-bond acceptors (Lipinski definition) is 3. The minimum atomic E-state index is -0.243. The Morgan fingerprint density at radius 1 is 1.12 bits per heavy atom. The van der Waals surface area contributed by atoms with Crippen molar-refractivity contribution in [3.8, 4) is 5.75 Å². The van der Waals surface area contributed by atoms with Gasteiger partial charge in [0.05, 0.1) is 20.6 Å². The Kier molecular flexibility index (Phi) is 6.09. The lowest BCUT2D eigenvalue weighted by Gasteiger charge is -2.07. The molecule has 1 aromatic heterocycles. The Balaban J connectivity index is 1.64. The molecule has 26 heavy (non-hydrogen) atoms. The molecule has 0 saturated carbocycles. The summed E-state index contributed by atoms with van der Waals surface area (Å²) in [4.78, 5) is 13.0. The van der Waals surface area contributed by atoms with Crippen molar-refractivity contribution in [1.82, 2.24) is 0 Å². The third kappa shape index (κ3) is 4.51. The fourth-order valence-corrected chi connectivity index (χ4v) is 3.49. The molecule has 0 spiro atoms. The molecule has 0 aliphatic heterocycles. The van der Waals surface area contributed by atoms with Gasteiger partial charge in [-0.25, -0.2) is 0 Å². The first-order chi connectivity index (χ1) is 12.4. The molecule has 3 aromatic rings. The lowest BCUT2D eigenvalue weighted by molar-refractivity contribution is 0.103. The van der Waals surface area contributed by atoms with Gasteiger partial charge >= 0.3 is 0 Å². The maximum absolute atomic E-state index is 12.4. The van der Waals surface area contributed by atoms with Crippen molar-refractivity contribution < 1.29 is 9.53 Å². The summed E-state index contributed by atoms with van der Waals surface area (Å²) < 4.78 is 5.75. The Morgan fingerprint density at radius 2 is 1.92 bits per heavy atom. The number of hydrogen-bond donors (Lipinski definition) is 1. The van der Waals surface area contributed by atoms with Crippen molar-refractivity contribution in [3.05, 3.63) is 78.9 Å². The highest BCUT2D eigenvalue weighted by atomic mass is 35.5. The summed E-state index contributed by atoms with van der Waals surface area (Å²) in [6.07, 6.45) is 0. The monoisotopic (exact) mass is 425 g/mol. The Bertz CT molecular complexity index is 956. The van der Waals surface area contributed by atoms with Crippen LogP contribution in [0.25, 0.3) is 0 Å². The van der Waals surface area contributed by atoms with E-state index in [1.54, 1.807) is 30.3 Å². The highest BCUT2D eigenvalue weighted by Gasteiger charge is 2.13. The molecule has 2 aromatic carbocycles. The van der Waals surface area contributed by atoms with Crippen molar-refractivity contribution in [1.29, 1.82) is 0 Å². The molecule has 134 valence electrons. The average molecular weight is 427 g/mol. The minimum absolute atomic E-state index is 0.243. The first-order valence-corrected chi connectivity index (χ1v) is 9.67. The van der Waals surface area contributed by atoms with Crippen molar-refractivity contribution in [2.75, 3.05) is 5.32 Å². The number of anilines is 1. The van der Waals surface area contributed by atoms with Crippen LogP contribution in [-0.2, 0) is 6.61 Å². The number of carbonyl (C=O) groups is 1. The van der Waals surface area contributed by atoms with Gasteiger partial charge < -0.3 is 10.1 Å². The van der Waals surface area contributed by atoms with Gasteiger partial charge in [-0.2, -0.15) is 0 Å². The van der Waals surface area contributed by atoms with Gasteiger partial charge in [-0.05, 0) is 54.3 Å². The first kappa shape index (κ1) is 19.1. The normalized spacial score (nSPS) is 10.6. The highest BCUT2D eigenvalue weighted by Crippen LogP contribution is 2.30. The molecule has 0 aliphatic rings. The molecule has 0 aliphatic carbocycles. The van der Waals surface area contributed by atoms with Crippen molar-refractivity contribution >= 4 is 57.7 Å². The molecule has 3 rings (SSSR count). The van der Waals surface area contributed by atoms with Crippen LogP contribution in [0.3, 0.4) is 0 Å². The standard InChI is InChI=1S/C19H14Cl3NO2S/c1-11-7-13(5-6-14(11)20)25-9-12-8-17(26-10-12)19(24)23-16-4-2-3-15(21)18(16)22/h2-8,10H,9H2,1H3,(H,23,24). The summed E-state index contributed by atoms with van der Waals surface area (Å²) in [7, 11) is 0. The number of aryl methyl sites for hydroxylation is 1. The Hall–Kier alpha value is -1.72. The second-order valence-electron chi connectivity index (χ2n) is 5.57. The summed E-state index contributed by atoms with van der Waals surface area (Å²) in [6.45, 7) is 2.28. The highest BCUT2D eigenvalue weighted by molar-refractivity contribution is 7.12. The molecule has 0 fully saturated rings. The smallest absolute Gasteiger partial charge is 0.265 e. The summed E-state index contributed by atoms with van der Waals surface area (Å²) in [5, 5.41) is 6.07. The molecule has 0 unspecified atom stereocenters. The molecular weight excluding hydrogens is 413 g/mol. The number of ether oxygens (including phenoxy) is 1. The third-order valence-electron chi connectivity index (χ3n) is 3.61. The molecule has 0 atom stereocenters. The van der Waals surface area contributed by atoms with Crippen LogP contribution in [0, 0.1) is 6.92 Å². The van der Waals surface area contributed by atoms with Gasteiger partial charge in [-0.15, -0.1) is 11.3 Å². The van der Waals surface area contributed by atoms with Gasteiger partial charge in [-0.3, -0.25) is 4.79 Å². The van der Waals surface area contributed by atoms with Gasteiger partial charge in [0.2, 0.25) is 0 Å². The van der Waals surface area contributed by atoms with Gasteiger partial charge in [0.15, 0.2) is 0 Å². The van der Waals surface area contributed by atoms with Crippen LogP contribution in [0.2, 0.25) is 15.1 Å². The maximum Gasteiger partial charge on any atom is 0.265 e. The van der Waals surface area contributed by atoms with E-state index in [1.165, 1.54) is 11.3 Å². The van der Waals surface area contributed by atoms with E-state index in [1.807, 2.05) is 24.4 Å². The molecule has 0 bridgehead atoms. The number of rotatable bonds is 5. The summed E-state index contributed by atoms with van der Waals surface area (Å²) in [6, 6.07) is 12.4. The predicted molar refractivity (Wildman–Crippen MR) is 109 cm³/mol. The van der Waals surface area contributed by atoms with Crippen LogP contribution in [0.4, 0.5) is 5.69 Å². The third-order valence-corrected chi connectivity index (χ3v) is 5.83. The number of nitrogens with one attached hydrogen (secondary N) is 1. The van der Waals surface area contributed by atoms with Crippen LogP contribution in [0.1, 0.15) is 20.8 Å². The zero-order valence-electron chi connectivity index (χ0n) is 13.7. The quantitative estimate of drug-likeness (QED) is 0.484. The lowest BCUT2D eigenvalue weighted by atomic mass is 10.2. The fourth-order valence-electron chi connectivity index (χ4n) is 2.23. The second-order valence-corrected chi connectivity index (χ2v) is 7.68. The van der Waals surface area contributed by atoms with E-state index in [-0.39, 0.29) is 5.91 Å². The lowest BCUT2D eigenvalue weighted by Crippen LogP contribution is -2.10. The number of thiophene rings is 1. The Labute approximate surface area is 170 Å². The summed E-state index contributed by atoms with van der Waals surface area (Å²) in [5.41, 5.74) is 2.34. The van der Waals surface area contributed by atoms with Gasteiger partial charge in [0.25, 0.3) is 5.91 Å². The second kappa shape index (κ2) is 8.31. The van der Waals surface area contributed by atoms with Crippen LogP contribution < -0.4 is 10.1 Å². The van der Waals surface area contributed by atoms with Gasteiger partial charge in [0, 0.05) is 10.6 Å². The van der Waals surface area contributed by atoms with E-state index >= 15 is 0 Å². The van der Waals surface area contributed by atoms with E-state index in [0.29, 0.717) is 32.2 Å². The fraction of sp³-hybridized carbons (Fsp3) is 0.105. The van der Waals surface area contributed by atoms with Crippen molar-refractivity contribution in [2.24, 2.45) is 0 Å². The predicted octanol–water partition coefficient (Wildman–Crippen LogP) is 6.85. The number of benzene rings is 2. The molecular formula is C19H14Cl3NO2S. The van der Waals surface area contributed by atoms with E-state index < -0.39 is 0 Å². The van der Waals surface area contributed by atoms with Crippen LogP contribution in [0.5, 0.6) is 5.75 Å². The molecule has 1 heterocycles. The number of halogens is 3. The van der Waals surface area contributed by atoms with Crippen LogP contribution in [0.15, 0.2) is 47.8 Å². The molecule has 1 amide bonds. The number of carbonyl (C=O) groups excluding carboxylic acids is 1. The van der Waals surface area contributed by atoms with Crippen LogP contribution >= 0.6 is 46.1 Å². The largest absolute Gasteiger partial charge is 0.489 e. The van der Waals surface area contributed by atoms with E-state index in [2.05, 4.69) is 5.32 Å². The zero-order valence-corrected chi connectivity index (χ0v) is 16.8. The zero-order chi connectivity index (χ0) is 18.7. The molecule has 1 N–H and O–H groups in total. The SMILES string of the molecule is Cc1cc(OCc2csc(C(=O)Nc3cccc(Cl)c3Cl)c2)ccc1Cl. The van der Waals surface area contributed by atoms with E-state index in [0.717, 1.165) is 16.9 Å². The topological polar surface area (TPSA) is 38.3 Å². The maximum atomic E-state index is 12.4. The van der Waals surface area contributed by atoms with Crippen LogP contribution in [-0.4, -0.2) is 5.91 Å². The molecule has 0 radical (unpaired) electrons. The summed E-state index contributed by atoms with van der Waals surface area (Å²) >= 11 is 19.4. The summed E-state index contributed by atoms with van der Waals surface area (Å²) in [5.74, 6) is 0.488. The van der Waals surface area contributed by atoms with E-state index in [9.17, 15) is 4.79 Å². The van der Waals surface area contributed by atoms with E-state index in [4.69, 9.17) is 39.5 Å². The first-order valence-electron chi connectivity index (χ1n) is 7.66. The number of amides is 1. The van der Waals surface area contributed by atoms with Gasteiger partial charge in [-0.1, -0.05) is 40.9 Å². The van der Waals surface area contributed by atoms with Gasteiger partial charge in [0.1, 0.15) is 12.4 Å². The molecule has 7 heteroatoms. The molecule has 0 saturated heterocycles. The Morgan fingerprint density at radius 3 is 2.69 bits per heavy atom. The minimum Gasteiger partial charge on any atom is -0.489 e. The van der Waals surface area contributed by atoms with Crippen molar-refractivity contribution in [2.45, 2.75) is 13.5 Å².